The molecule has 0 bridgehead atoms. The summed E-state index contributed by atoms with van der Waals surface area (Å²) in [5.74, 6) is 7.45. The molecule has 0 saturated heterocycles. The molecule has 108 valence electrons. The first-order valence-corrected chi connectivity index (χ1v) is 7.66. The van der Waals surface area contributed by atoms with E-state index in [0.29, 0.717) is 6.04 Å². The van der Waals surface area contributed by atoms with Crippen molar-refractivity contribution in [3.8, 4) is 0 Å². The quantitative estimate of drug-likeness (QED) is 0.613. The van der Waals surface area contributed by atoms with Crippen LogP contribution in [0.15, 0.2) is 12.4 Å². The van der Waals surface area contributed by atoms with Crippen molar-refractivity contribution in [3.63, 3.8) is 0 Å². The highest BCUT2D eigenvalue weighted by atomic mass is 15.2. The van der Waals surface area contributed by atoms with Crippen LogP contribution in [0.1, 0.15) is 51.0 Å². The van der Waals surface area contributed by atoms with E-state index >= 15 is 0 Å². The van der Waals surface area contributed by atoms with E-state index in [0.717, 1.165) is 18.3 Å². The van der Waals surface area contributed by atoms with Crippen LogP contribution in [0.5, 0.6) is 0 Å². The van der Waals surface area contributed by atoms with Crippen molar-refractivity contribution in [1.29, 1.82) is 0 Å². The molecule has 1 heterocycles. The average Bonchev–Trinajstić information content (AvgIpc) is 2.83. The van der Waals surface area contributed by atoms with Crippen molar-refractivity contribution in [3.05, 3.63) is 18.0 Å². The van der Waals surface area contributed by atoms with Crippen LogP contribution in [0.3, 0.4) is 0 Å². The molecule has 0 aromatic carbocycles. The minimum Gasteiger partial charge on any atom is -0.276 e. The first-order chi connectivity index (χ1) is 9.22. The molecule has 19 heavy (non-hydrogen) atoms. The normalized spacial score (nSPS) is 25.4. The van der Waals surface area contributed by atoms with Gasteiger partial charge in [-0.25, -0.2) is 0 Å². The molecule has 4 heteroatoms. The van der Waals surface area contributed by atoms with Gasteiger partial charge in [0.1, 0.15) is 0 Å². The Bertz CT molecular complexity index is 366. The Morgan fingerprint density at radius 1 is 1.42 bits per heavy atom. The number of nitrogens with zero attached hydrogens (tertiary/aromatic N) is 2. The largest absolute Gasteiger partial charge is 0.276 e. The Balaban J connectivity index is 1.85. The van der Waals surface area contributed by atoms with Crippen LogP contribution < -0.4 is 11.3 Å². The molecule has 1 saturated carbocycles. The molecule has 1 aromatic rings. The molecule has 1 aliphatic carbocycles. The van der Waals surface area contributed by atoms with Crippen molar-refractivity contribution in [2.45, 2.75) is 57.9 Å². The van der Waals surface area contributed by atoms with Gasteiger partial charge < -0.3 is 0 Å². The zero-order valence-corrected chi connectivity index (χ0v) is 12.3. The Kier molecular flexibility index (Phi) is 5.40. The first kappa shape index (κ1) is 14.5. The molecule has 3 N–H and O–H groups in total. The highest BCUT2D eigenvalue weighted by Crippen LogP contribution is 2.33. The summed E-state index contributed by atoms with van der Waals surface area (Å²) in [4.78, 5) is 0. The van der Waals surface area contributed by atoms with Crippen molar-refractivity contribution in [1.82, 2.24) is 15.2 Å². The van der Waals surface area contributed by atoms with Gasteiger partial charge in [0.2, 0.25) is 0 Å². The van der Waals surface area contributed by atoms with E-state index in [1.54, 1.807) is 0 Å². The second-order valence-corrected chi connectivity index (χ2v) is 6.07. The smallest absolute Gasteiger partial charge is 0.0522 e. The third-order valence-electron chi connectivity index (χ3n) is 4.59. The minimum atomic E-state index is 0.395. The van der Waals surface area contributed by atoms with Gasteiger partial charge in [-0.15, -0.1) is 0 Å². The minimum absolute atomic E-state index is 0.395. The van der Waals surface area contributed by atoms with Crippen LogP contribution in [0, 0.1) is 11.8 Å². The maximum atomic E-state index is 5.77. The van der Waals surface area contributed by atoms with Gasteiger partial charge in [0, 0.05) is 19.3 Å². The van der Waals surface area contributed by atoms with Crippen LogP contribution in [0.25, 0.3) is 0 Å². The maximum Gasteiger partial charge on any atom is 0.0522 e. The summed E-state index contributed by atoms with van der Waals surface area (Å²) in [6.45, 7) is 2.29. The van der Waals surface area contributed by atoms with Crippen molar-refractivity contribution in [2.75, 3.05) is 0 Å². The molecule has 1 aliphatic rings. The Morgan fingerprint density at radius 2 is 2.16 bits per heavy atom. The Hall–Kier alpha value is -0.870. The molecule has 4 nitrogen and oxygen atoms in total. The van der Waals surface area contributed by atoms with Crippen molar-refractivity contribution < 1.29 is 0 Å². The van der Waals surface area contributed by atoms with Gasteiger partial charge >= 0.3 is 0 Å². The van der Waals surface area contributed by atoms with E-state index < -0.39 is 0 Å². The molecule has 0 amide bonds. The summed E-state index contributed by atoms with van der Waals surface area (Å²) in [6.07, 6.45) is 13.2. The fourth-order valence-corrected chi connectivity index (χ4v) is 3.48. The number of aryl methyl sites for hydroxylation is 1. The lowest BCUT2D eigenvalue weighted by Crippen LogP contribution is -2.43. The maximum absolute atomic E-state index is 5.77. The lowest BCUT2D eigenvalue weighted by molar-refractivity contribution is 0.213. The second-order valence-electron chi connectivity index (χ2n) is 6.07. The highest BCUT2D eigenvalue weighted by molar-refractivity contribution is 5.06. The van der Waals surface area contributed by atoms with Crippen molar-refractivity contribution >= 4 is 0 Å². The number of nitrogens with two attached hydrogens (primary N) is 1. The summed E-state index contributed by atoms with van der Waals surface area (Å²) in [5.41, 5.74) is 4.32. The van der Waals surface area contributed by atoms with Crippen molar-refractivity contribution in [2.24, 2.45) is 24.7 Å². The number of nitrogens with one attached hydrogen (secondary N) is 1. The Labute approximate surface area is 116 Å². The lowest BCUT2D eigenvalue weighted by atomic mass is 9.76. The number of hydrogen-bond acceptors (Lipinski definition) is 3. The molecule has 1 atom stereocenters. The predicted octanol–water partition coefficient (Wildman–Crippen LogP) is 2.40. The molecule has 1 fully saturated rings. The van der Waals surface area contributed by atoms with Crippen LogP contribution in [0.2, 0.25) is 0 Å². The number of rotatable bonds is 6. The number of aromatic nitrogens is 2. The third-order valence-corrected chi connectivity index (χ3v) is 4.59. The van der Waals surface area contributed by atoms with Gasteiger partial charge in [0.05, 0.1) is 6.20 Å². The molecular formula is C15H28N4. The summed E-state index contributed by atoms with van der Waals surface area (Å²) in [6, 6.07) is 0.395. The van der Waals surface area contributed by atoms with Crippen LogP contribution in [-0.4, -0.2) is 15.8 Å². The average molecular weight is 264 g/mol. The van der Waals surface area contributed by atoms with Gasteiger partial charge in [-0.3, -0.25) is 16.0 Å². The van der Waals surface area contributed by atoms with E-state index in [9.17, 15) is 0 Å². The fraction of sp³-hybridized carbons (Fsp3) is 0.800. The van der Waals surface area contributed by atoms with Gasteiger partial charge in [-0.05, 0) is 36.7 Å². The van der Waals surface area contributed by atoms with Crippen LogP contribution in [-0.2, 0) is 13.5 Å². The summed E-state index contributed by atoms with van der Waals surface area (Å²) in [7, 11) is 1.96. The predicted molar refractivity (Wildman–Crippen MR) is 78.4 cm³/mol. The SMILES string of the molecule is CCCC1CCC(C(Cc2cnn(C)c2)NN)CC1. The molecule has 0 spiro atoms. The Morgan fingerprint density at radius 3 is 2.68 bits per heavy atom. The third kappa shape index (κ3) is 4.05. The number of hydrogen-bond donors (Lipinski definition) is 2. The molecule has 1 aromatic heterocycles. The molecule has 1 unspecified atom stereocenters. The van der Waals surface area contributed by atoms with Crippen LogP contribution >= 0.6 is 0 Å². The standard InChI is InChI=1S/C15H28N4/c1-3-4-12-5-7-14(8-6-12)15(18-16)9-13-10-17-19(2)11-13/h10-12,14-15,18H,3-9,16H2,1-2H3. The number of hydrazine groups is 1. The van der Waals surface area contributed by atoms with E-state index in [1.807, 2.05) is 17.9 Å². The first-order valence-electron chi connectivity index (χ1n) is 7.66. The summed E-state index contributed by atoms with van der Waals surface area (Å²) >= 11 is 0. The van der Waals surface area contributed by atoms with Gasteiger partial charge in [-0.1, -0.05) is 32.6 Å². The van der Waals surface area contributed by atoms with Crippen LogP contribution in [0.4, 0.5) is 0 Å². The molecule has 0 aliphatic heterocycles. The molecule has 2 rings (SSSR count). The highest BCUT2D eigenvalue weighted by Gasteiger charge is 2.27. The van der Waals surface area contributed by atoms with E-state index in [2.05, 4.69) is 23.6 Å². The summed E-state index contributed by atoms with van der Waals surface area (Å²) < 4.78 is 1.86. The van der Waals surface area contributed by atoms with E-state index in [1.165, 1.54) is 44.1 Å². The van der Waals surface area contributed by atoms with Gasteiger partial charge in [0.25, 0.3) is 0 Å². The van der Waals surface area contributed by atoms with Gasteiger partial charge in [0.15, 0.2) is 0 Å². The topological polar surface area (TPSA) is 55.9 Å². The van der Waals surface area contributed by atoms with E-state index in [4.69, 9.17) is 5.84 Å². The molecular weight excluding hydrogens is 236 g/mol. The zero-order valence-electron chi connectivity index (χ0n) is 12.3. The lowest BCUT2D eigenvalue weighted by Gasteiger charge is -2.33. The molecule has 0 radical (unpaired) electrons. The van der Waals surface area contributed by atoms with Gasteiger partial charge in [-0.2, -0.15) is 5.10 Å². The zero-order chi connectivity index (χ0) is 13.7. The fourth-order valence-electron chi connectivity index (χ4n) is 3.48. The monoisotopic (exact) mass is 264 g/mol. The van der Waals surface area contributed by atoms with E-state index in [-0.39, 0.29) is 0 Å². The second kappa shape index (κ2) is 7.06. The summed E-state index contributed by atoms with van der Waals surface area (Å²) in [5, 5.41) is 4.23.